The molecule has 0 amide bonds. The van der Waals surface area contributed by atoms with Gasteiger partial charge in [0.15, 0.2) is 23.3 Å². The van der Waals surface area contributed by atoms with Crippen molar-refractivity contribution < 1.29 is 35.8 Å². The Morgan fingerprint density at radius 3 is 1.02 bits per heavy atom. The number of benzene rings is 12. The van der Waals surface area contributed by atoms with Gasteiger partial charge in [-0.25, -0.2) is 26.3 Å². The lowest BCUT2D eigenvalue weighted by Crippen LogP contribution is -2.32. The quantitative estimate of drug-likeness (QED) is 0.0848. The number of fused-ring (bicyclic) bond motifs is 9. The van der Waals surface area contributed by atoms with E-state index >= 15 is 26.3 Å². The molecule has 0 fully saturated rings. The summed E-state index contributed by atoms with van der Waals surface area (Å²) < 4.78 is 115. The molecule has 0 bridgehead atoms. The molecule has 0 N–H and O–H groups in total. The summed E-state index contributed by atoms with van der Waals surface area (Å²) in [4.78, 5) is 2.03. The van der Waals surface area contributed by atoms with Gasteiger partial charge in [0.1, 0.15) is 34.6 Å². The molecule has 0 radical (unpaired) electrons. The van der Waals surface area contributed by atoms with E-state index in [1.807, 2.05) is 144 Å². The predicted molar refractivity (Wildman–Crippen MR) is 346 cm³/mol. The maximum Gasteiger partial charge on any atom is 0.166 e. The van der Waals surface area contributed by atoms with Crippen LogP contribution in [-0.4, -0.2) is 0 Å². The minimum atomic E-state index is -1.83. The smallest absolute Gasteiger partial charge is 0.166 e. The molecule has 3 aliphatic rings. The Bertz CT molecular complexity index is 4660. The molecule has 3 aliphatic carbocycles. The lowest BCUT2D eigenvalue weighted by atomic mass is 9.67. The Hall–Kier alpha value is -10.9. The van der Waals surface area contributed by atoms with Crippen molar-refractivity contribution >= 4 is 29.2 Å². The zero-order chi connectivity index (χ0) is 61.8. The largest absolute Gasteiger partial charge is 0.457 e. The first-order chi connectivity index (χ1) is 43.7. The van der Waals surface area contributed by atoms with Gasteiger partial charge in [0.05, 0.1) is 10.8 Å². The van der Waals surface area contributed by atoms with E-state index in [1.165, 1.54) is 0 Å². The summed E-state index contributed by atoms with van der Waals surface area (Å²) in [5.74, 6) is -5.09. The summed E-state index contributed by atoms with van der Waals surface area (Å²) in [5.41, 5.74) is 8.09. The molecule has 3 nitrogen and oxygen atoms in total. The normalized spacial score (nSPS) is 16.0. The van der Waals surface area contributed by atoms with E-state index < -0.39 is 62.3 Å². The van der Waals surface area contributed by atoms with Crippen molar-refractivity contribution in [2.75, 3.05) is 4.90 Å². The molecule has 0 saturated carbocycles. The monoisotopic (exact) mass is 1190 g/mol. The molecule has 0 aromatic heterocycles. The highest BCUT2D eigenvalue weighted by Crippen LogP contribution is 2.62. The third-order valence-corrected chi connectivity index (χ3v) is 18.5. The third-order valence-electron chi connectivity index (χ3n) is 18.5. The van der Waals surface area contributed by atoms with E-state index in [-0.39, 0.29) is 0 Å². The number of anilines is 3. The van der Waals surface area contributed by atoms with E-state index in [1.54, 1.807) is 72.8 Å². The second-order valence-corrected chi connectivity index (χ2v) is 23.5. The van der Waals surface area contributed by atoms with Crippen LogP contribution in [0, 0.1) is 34.9 Å². The Balaban J connectivity index is 0.981. The first kappa shape index (κ1) is 55.7. The van der Waals surface area contributed by atoms with Gasteiger partial charge < -0.3 is 14.4 Å². The number of rotatable bonds is 13. The Kier molecular flexibility index (Phi) is 13.1. The van der Waals surface area contributed by atoms with Crippen LogP contribution in [0.15, 0.2) is 262 Å². The Morgan fingerprint density at radius 2 is 0.633 bits per heavy atom. The van der Waals surface area contributed by atoms with Crippen LogP contribution in [0.25, 0.3) is 45.5 Å². The van der Waals surface area contributed by atoms with Crippen molar-refractivity contribution in [2.24, 2.45) is 0 Å². The number of hydrogen-bond acceptors (Lipinski definition) is 3. The topological polar surface area (TPSA) is 21.7 Å². The maximum absolute atomic E-state index is 17.4. The summed E-state index contributed by atoms with van der Waals surface area (Å²) in [6.45, 7) is 12.1. The van der Waals surface area contributed by atoms with Gasteiger partial charge in [0.2, 0.25) is 0 Å². The average Bonchev–Trinajstić information content (AvgIpc) is 1.51. The van der Waals surface area contributed by atoms with Crippen LogP contribution in [0.5, 0.6) is 23.0 Å². The fraction of sp³-hybridized carbons (Fsp3) is 0.0617. The summed E-state index contributed by atoms with van der Waals surface area (Å²) in [6.07, 6.45) is 3.46. The summed E-state index contributed by atoms with van der Waals surface area (Å²) in [5, 5.41) is 0. The van der Waals surface area contributed by atoms with Gasteiger partial charge in [-0.15, -0.1) is 0 Å². The zero-order valence-electron chi connectivity index (χ0n) is 48.8. The summed E-state index contributed by atoms with van der Waals surface area (Å²) in [7, 11) is 0. The standard InChI is InChI=1S/C81H53F6NO2/c1-5-48-19-30-55(31-20-48)89-57-34-23-50(24-35-57)80(75-71(82)41-43-73(84)77(75)86)66-17-11-8-14-60(66)63-39-28-53(46-69(63)80)88(52-27-38-62-59-13-7-10-16-65(59)79(3,4)68(62)45-52)54-29-40-64-61-15-9-12-18-67(61)81(70(64)47-54,76-72(83)42-44-74(85)78(76)87)51-25-36-58(37-26-51)90-56-32-21-49(6-2)22-33-56/h5-47H,1-2H2,3-4H3. The van der Waals surface area contributed by atoms with Crippen LogP contribution < -0.4 is 14.4 Å². The van der Waals surface area contributed by atoms with E-state index in [4.69, 9.17) is 9.47 Å². The van der Waals surface area contributed by atoms with Gasteiger partial charge >= 0.3 is 0 Å². The molecule has 2 unspecified atom stereocenters. The van der Waals surface area contributed by atoms with Crippen LogP contribution in [0.2, 0.25) is 0 Å². The van der Waals surface area contributed by atoms with Crippen LogP contribution in [0.4, 0.5) is 43.4 Å². The molecule has 2 atom stereocenters. The van der Waals surface area contributed by atoms with Crippen molar-refractivity contribution in [2.45, 2.75) is 30.1 Å². The van der Waals surface area contributed by atoms with Gasteiger partial charge in [-0.05, 0) is 198 Å². The second-order valence-electron chi connectivity index (χ2n) is 23.5. The first-order valence-electron chi connectivity index (χ1n) is 29.6. The first-order valence-corrected chi connectivity index (χ1v) is 29.6. The minimum absolute atomic E-state index is 0.424. The Labute approximate surface area is 517 Å². The van der Waals surface area contributed by atoms with Gasteiger partial charge in [-0.3, -0.25) is 0 Å². The molecule has 9 heteroatoms. The van der Waals surface area contributed by atoms with Gasteiger partial charge in [-0.1, -0.05) is 179 Å². The lowest BCUT2D eigenvalue weighted by molar-refractivity contribution is 0.463. The maximum atomic E-state index is 17.4. The fourth-order valence-corrected chi connectivity index (χ4v) is 14.4. The van der Waals surface area contributed by atoms with E-state index in [2.05, 4.69) is 51.3 Å². The SMILES string of the molecule is C=Cc1ccc(Oc2ccc(C3(c4c(F)ccc(F)c4F)c4ccccc4-c4ccc(N(c5ccc6c(c5)C(C)(C)c5ccccc5-6)c5ccc6c(c5)C(c5ccc(Oc7ccc(C=C)cc7)cc5)(c5c(F)ccc(F)c5F)c5ccccc5-6)cc43)cc2)cc1. The summed E-state index contributed by atoms with van der Waals surface area (Å²) in [6, 6.07) is 73.1. The molecular formula is C81H53F6NO2. The van der Waals surface area contributed by atoms with Crippen molar-refractivity contribution in [3.63, 3.8) is 0 Å². The van der Waals surface area contributed by atoms with Gasteiger partial charge in [-0.2, -0.15) is 0 Å². The molecule has 0 saturated heterocycles. The molecule has 12 aromatic rings. The van der Waals surface area contributed by atoms with Crippen LogP contribution in [0.1, 0.15) is 80.6 Å². The highest BCUT2D eigenvalue weighted by molar-refractivity contribution is 5.94. The predicted octanol–water partition coefficient (Wildman–Crippen LogP) is 21.9. The van der Waals surface area contributed by atoms with E-state index in [0.29, 0.717) is 95.7 Å². The minimum Gasteiger partial charge on any atom is -0.457 e. The fourth-order valence-electron chi connectivity index (χ4n) is 14.4. The van der Waals surface area contributed by atoms with Gasteiger partial charge in [0.25, 0.3) is 0 Å². The third kappa shape index (κ3) is 8.36. The zero-order valence-corrected chi connectivity index (χ0v) is 48.8. The molecule has 0 heterocycles. The second kappa shape index (κ2) is 21.2. The molecule has 0 spiro atoms. The van der Waals surface area contributed by atoms with Crippen molar-refractivity contribution in [3.05, 3.63) is 364 Å². The highest BCUT2D eigenvalue weighted by atomic mass is 19.2. The molecule has 12 aromatic carbocycles. The van der Waals surface area contributed by atoms with Crippen molar-refractivity contribution in [3.8, 4) is 56.4 Å². The lowest BCUT2D eigenvalue weighted by Gasteiger charge is -2.36. The van der Waals surface area contributed by atoms with Crippen LogP contribution in [0.3, 0.4) is 0 Å². The molecule has 0 aliphatic heterocycles. The average molecular weight is 1190 g/mol. The molecular weight excluding hydrogens is 1130 g/mol. The molecule has 15 rings (SSSR count). The molecule has 436 valence electrons. The van der Waals surface area contributed by atoms with Gasteiger partial charge in [0, 0.05) is 33.6 Å². The number of hydrogen-bond donors (Lipinski definition) is 0. The van der Waals surface area contributed by atoms with Crippen LogP contribution >= 0.6 is 0 Å². The highest BCUT2D eigenvalue weighted by Gasteiger charge is 2.52. The number of halogens is 6. The van der Waals surface area contributed by atoms with Crippen molar-refractivity contribution in [1.29, 1.82) is 0 Å². The van der Waals surface area contributed by atoms with Crippen molar-refractivity contribution in [1.82, 2.24) is 0 Å². The number of ether oxygens (including phenoxy) is 2. The molecule has 90 heavy (non-hydrogen) atoms. The number of nitrogens with zero attached hydrogens (tertiary/aromatic N) is 1. The van der Waals surface area contributed by atoms with E-state index in [0.717, 1.165) is 57.6 Å². The summed E-state index contributed by atoms with van der Waals surface area (Å²) >= 11 is 0. The van der Waals surface area contributed by atoms with E-state index in [9.17, 15) is 0 Å². The van der Waals surface area contributed by atoms with Crippen LogP contribution in [-0.2, 0) is 16.2 Å². The Morgan fingerprint density at radius 1 is 0.322 bits per heavy atom.